The van der Waals surface area contributed by atoms with E-state index in [-0.39, 0.29) is 17.2 Å². The maximum Gasteiger partial charge on any atom is 0.262 e. The number of nitrogens with zero attached hydrogens (tertiary/aromatic N) is 5. The second-order valence-corrected chi connectivity index (χ2v) is 8.95. The monoisotopic (exact) mass is 463 g/mol. The Kier molecular flexibility index (Phi) is 6.15. The number of fused-ring (bicyclic) bond motifs is 4. The third-order valence-electron chi connectivity index (χ3n) is 5.94. The Labute approximate surface area is 195 Å². The van der Waals surface area contributed by atoms with Gasteiger partial charge >= 0.3 is 0 Å². The van der Waals surface area contributed by atoms with Crippen LogP contribution in [0, 0.1) is 0 Å². The van der Waals surface area contributed by atoms with Crippen LogP contribution in [0.15, 0.2) is 58.5 Å². The van der Waals surface area contributed by atoms with Gasteiger partial charge in [0.25, 0.3) is 5.56 Å². The number of ether oxygens (including phenoxy) is 1. The summed E-state index contributed by atoms with van der Waals surface area (Å²) >= 11 is 1.35. The molecule has 33 heavy (non-hydrogen) atoms. The van der Waals surface area contributed by atoms with E-state index in [1.807, 2.05) is 51.8 Å². The number of aromatic nitrogens is 4. The molecular weight excluding hydrogens is 438 g/mol. The summed E-state index contributed by atoms with van der Waals surface area (Å²) < 4.78 is 8.67. The number of methoxy groups -OCH3 is 1. The molecule has 8 nitrogen and oxygen atoms in total. The molecule has 0 saturated carbocycles. The number of hydrogen-bond donors (Lipinski definition) is 0. The summed E-state index contributed by atoms with van der Waals surface area (Å²) in [6, 6.07) is 15.5. The summed E-state index contributed by atoms with van der Waals surface area (Å²) in [5.74, 6) is 0.765. The highest BCUT2D eigenvalue weighted by Crippen LogP contribution is 2.28. The summed E-state index contributed by atoms with van der Waals surface area (Å²) in [5.41, 5.74) is 2.85. The maximum absolute atomic E-state index is 13.1. The lowest BCUT2D eigenvalue weighted by atomic mass is 10.0. The van der Waals surface area contributed by atoms with Gasteiger partial charge in [0.05, 0.1) is 16.7 Å². The fourth-order valence-corrected chi connectivity index (χ4v) is 5.21. The largest absolute Gasteiger partial charge is 0.385 e. The highest BCUT2D eigenvalue weighted by molar-refractivity contribution is 7.99. The molecule has 9 heteroatoms. The van der Waals surface area contributed by atoms with Crippen molar-refractivity contribution in [2.24, 2.45) is 0 Å². The third kappa shape index (κ3) is 4.02. The van der Waals surface area contributed by atoms with E-state index in [2.05, 4.69) is 16.3 Å². The van der Waals surface area contributed by atoms with Gasteiger partial charge in [-0.25, -0.2) is 0 Å². The van der Waals surface area contributed by atoms with E-state index in [0.717, 1.165) is 30.6 Å². The van der Waals surface area contributed by atoms with Crippen LogP contribution in [0.2, 0.25) is 0 Å². The van der Waals surface area contributed by atoms with E-state index in [9.17, 15) is 9.59 Å². The summed E-state index contributed by atoms with van der Waals surface area (Å²) in [5, 5.41) is 9.87. The van der Waals surface area contributed by atoms with Crippen LogP contribution in [0.25, 0.3) is 16.7 Å². The second kappa shape index (κ2) is 9.36. The number of rotatable bonds is 7. The Morgan fingerprint density at radius 2 is 1.94 bits per heavy atom. The predicted octanol–water partition coefficient (Wildman–Crippen LogP) is 3.15. The van der Waals surface area contributed by atoms with Gasteiger partial charge in [0.15, 0.2) is 5.16 Å². The normalized spacial score (nSPS) is 13.5. The molecule has 0 radical (unpaired) electrons. The number of aryl methyl sites for hydroxylation is 2. The summed E-state index contributed by atoms with van der Waals surface area (Å²) in [6.07, 6.45) is 2.64. The second-order valence-electron chi connectivity index (χ2n) is 8.00. The third-order valence-corrected chi connectivity index (χ3v) is 6.86. The SMILES string of the molecule is COCCCn1c(=O)c2ccccc2n2c(SCC(=O)N3CCCc4ccccc43)nnc12. The van der Waals surface area contributed by atoms with E-state index < -0.39 is 0 Å². The quantitative estimate of drug-likeness (QED) is 0.309. The number of hydrogen-bond acceptors (Lipinski definition) is 6. The van der Waals surface area contributed by atoms with Gasteiger partial charge in [-0.15, -0.1) is 10.2 Å². The molecule has 0 N–H and O–H groups in total. The van der Waals surface area contributed by atoms with Gasteiger partial charge in [-0.1, -0.05) is 42.1 Å². The Morgan fingerprint density at radius 1 is 1.12 bits per heavy atom. The number of para-hydroxylation sites is 2. The Hall–Kier alpha value is -3.17. The zero-order valence-electron chi connectivity index (χ0n) is 18.4. The standard InChI is InChI=1S/C24H25N5O3S/c1-32-15-7-14-28-22(31)18-10-3-5-12-20(18)29-23(28)25-26-24(29)33-16-21(30)27-13-6-9-17-8-2-4-11-19(17)27/h2-5,8,10-12H,6-7,9,13-16H2,1H3. The van der Waals surface area contributed by atoms with Crippen molar-refractivity contribution in [3.63, 3.8) is 0 Å². The lowest BCUT2D eigenvalue weighted by Gasteiger charge is -2.29. The fourth-order valence-electron chi connectivity index (χ4n) is 4.39. The van der Waals surface area contributed by atoms with E-state index in [1.54, 1.807) is 11.7 Å². The topological polar surface area (TPSA) is 81.7 Å². The van der Waals surface area contributed by atoms with Crippen molar-refractivity contribution in [3.8, 4) is 0 Å². The lowest BCUT2D eigenvalue weighted by molar-refractivity contribution is -0.116. The van der Waals surface area contributed by atoms with E-state index in [0.29, 0.717) is 35.9 Å². The lowest BCUT2D eigenvalue weighted by Crippen LogP contribution is -2.36. The Morgan fingerprint density at radius 3 is 2.82 bits per heavy atom. The molecule has 0 fully saturated rings. The Bertz CT molecular complexity index is 1380. The van der Waals surface area contributed by atoms with Gasteiger partial charge in [0.1, 0.15) is 0 Å². The van der Waals surface area contributed by atoms with E-state index >= 15 is 0 Å². The molecule has 1 aliphatic heterocycles. The predicted molar refractivity (Wildman–Crippen MR) is 129 cm³/mol. The number of anilines is 1. The van der Waals surface area contributed by atoms with Crippen LogP contribution < -0.4 is 10.5 Å². The van der Waals surface area contributed by atoms with Crippen molar-refractivity contribution >= 4 is 40.0 Å². The smallest absolute Gasteiger partial charge is 0.262 e. The van der Waals surface area contributed by atoms with Crippen LogP contribution in [0.5, 0.6) is 0 Å². The first-order valence-corrected chi connectivity index (χ1v) is 12.0. The summed E-state index contributed by atoms with van der Waals surface area (Å²) in [4.78, 5) is 28.1. The molecule has 0 aliphatic carbocycles. The molecule has 0 unspecified atom stereocenters. The van der Waals surface area contributed by atoms with E-state index in [1.165, 1.54) is 17.3 Å². The Balaban J connectivity index is 1.47. The van der Waals surface area contributed by atoms with Crippen molar-refractivity contribution in [1.29, 1.82) is 0 Å². The molecular formula is C24H25N5O3S. The van der Waals surface area contributed by atoms with Crippen molar-refractivity contribution in [1.82, 2.24) is 19.2 Å². The van der Waals surface area contributed by atoms with E-state index in [4.69, 9.17) is 4.74 Å². The summed E-state index contributed by atoms with van der Waals surface area (Å²) in [6.45, 7) is 1.75. The zero-order valence-corrected chi connectivity index (χ0v) is 19.3. The molecule has 170 valence electrons. The van der Waals surface area contributed by atoms with Gasteiger partial charge in [-0.3, -0.25) is 18.6 Å². The molecule has 0 bridgehead atoms. The molecule has 2 aromatic carbocycles. The van der Waals surface area contributed by atoms with Crippen molar-refractivity contribution < 1.29 is 9.53 Å². The highest BCUT2D eigenvalue weighted by Gasteiger charge is 2.23. The van der Waals surface area contributed by atoms with Crippen LogP contribution in [0.1, 0.15) is 18.4 Å². The van der Waals surface area contributed by atoms with Crippen LogP contribution in [-0.2, 0) is 22.5 Å². The first kappa shape index (κ1) is 21.7. The molecule has 1 aliphatic rings. The number of thioether (sulfide) groups is 1. The molecule has 1 amide bonds. The average molecular weight is 464 g/mol. The minimum atomic E-state index is -0.0980. The number of benzene rings is 2. The molecule has 2 aromatic heterocycles. The molecule has 0 saturated heterocycles. The van der Waals surface area contributed by atoms with Crippen LogP contribution in [0.4, 0.5) is 5.69 Å². The molecule has 3 heterocycles. The highest BCUT2D eigenvalue weighted by atomic mass is 32.2. The fraction of sp³-hybridized carbons (Fsp3) is 0.333. The van der Waals surface area contributed by atoms with Crippen molar-refractivity contribution in [2.45, 2.75) is 31.0 Å². The van der Waals surface area contributed by atoms with Crippen LogP contribution in [0.3, 0.4) is 0 Å². The minimum absolute atomic E-state index is 0.0432. The maximum atomic E-state index is 13.1. The number of carbonyl (C=O) groups excluding carboxylic acids is 1. The number of carbonyl (C=O) groups is 1. The minimum Gasteiger partial charge on any atom is -0.385 e. The van der Waals surface area contributed by atoms with Gasteiger partial charge in [0.2, 0.25) is 11.7 Å². The van der Waals surface area contributed by atoms with Crippen molar-refractivity contribution in [2.75, 3.05) is 30.9 Å². The first-order valence-electron chi connectivity index (χ1n) is 11.1. The van der Waals surface area contributed by atoms with Crippen LogP contribution in [-0.4, -0.2) is 51.1 Å². The molecule has 4 aromatic rings. The van der Waals surface area contributed by atoms with Gasteiger partial charge < -0.3 is 9.64 Å². The summed E-state index contributed by atoms with van der Waals surface area (Å²) in [7, 11) is 1.64. The van der Waals surface area contributed by atoms with Crippen molar-refractivity contribution in [3.05, 3.63) is 64.4 Å². The van der Waals surface area contributed by atoms with Crippen LogP contribution >= 0.6 is 11.8 Å². The zero-order chi connectivity index (χ0) is 22.8. The first-order chi connectivity index (χ1) is 16.2. The van der Waals surface area contributed by atoms with Gasteiger partial charge in [-0.05, 0) is 43.0 Å². The molecule has 5 rings (SSSR count). The average Bonchev–Trinajstić information content (AvgIpc) is 3.28. The molecule has 0 spiro atoms. The number of amides is 1. The van der Waals surface area contributed by atoms with Gasteiger partial charge in [0, 0.05) is 32.5 Å². The van der Waals surface area contributed by atoms with Gasteiger partial charge in [-0.2, -0.15) is 0 Å². The molecule has 0 atom stereocenters.